The zero-order chi connectivity index (χ0) is 18.7. The molecule has 6 nitrogen and oxygen atoms in total. The molecule has 0 aliphatic carbocycles. The number of sulfonamides is 1. The van der Waals surface area contributed by atoms with Crippen LogP contribution in [-0.2, 0) is 20.6 Å². The van der Waals surface area contributed by atoms with E-state index >= 15 is 0 Å². The predicted octanol–water partition coefficient (Wildman–Crippen LogP) is 2.26. The highest BCUT2D eigenvalue weighted by atomic mass is 32.2. The molecule has 1 fully saturated rings. The summed E-state index contributed by atoms with van der Waals surface area (Å²) in [5, 5.41) is 0. The first-order chi connectivity index (χ1) is 12.4. The molecule has 0 spiro atoms. The molecule has 138 valence electrons. The van der Waals surface area contributed by atoms with Gasteiger partial charge in [-0.3, -0.25) is 4.79 Å². The lowest BCUT2D eigenvalue weighted by Crippen LogP contribution is -2.57. The molecule has 1 aliphatic rings. The number of nitrogens with zero attached hydrogens (tertiary/aromatic N) is 2. The molecule has 1 aliphatic heterocycles. The SMILES string of the molecule is COc1ccc(N2CCN(S(=O)(=O)Cc3ccccc3)[C@H](C)C2=O)cc1. The van der Waals surface area contributed by atoms with Gasteiger partial charge in [-0.2, -0.15) is 4.31 Å². The minimum absolute atomic E-state index is 0.103. The Hall–Kier alpha value is -2.38. The Morgan fingerprint density at radius 2 is 1.69 bits per heavy atom. The van der Waals surface area contributed by atoms with Gasteiger partial charge < -0.3 is 9.64 Å². The van der Waals surface area contributed by atoms with E-state index in [1.807, 2.05) is 6.07 Å². The second-order valence-electron chi connectivity index (χ2n) is 6.22. The lowest BCUT2D eigenvalue weighted by molar-refractivity contribution is -0.123. The monoisotopic (exact) mass is 374 g/mol. The number of rotatable bonds is 5. The van der Waals surface area contributed by atoms with Crippen LogP contribution >= 0.6 is 0 Å². The number of hydrogen-bond donors (Lipinski definition) is 0. The van der Waals surface area contributed by atoms with E-state index in [0.29, 0.717) is 17.9 Å². The number of benzene rings is 2. The molecule has 26 heavy (non-hydrogen) atoms. The fraction of sp³-hybridized carbons (Fsp3) is 0.316. The maximum atomic E-state index is 12.8. The van der Waals surface area contributed by atoms with Crippen molar-refractivity contribution >= 4 is 21.6 Å². The van der Waals surface area contributed by atoms with E-state index < -0.39 is 16.1 Å². The Labute approximate surface area is 154 Å². The summed E-state index contributed by atoms with van der Waals surface area (Å²) in [7, 11) is -1.99. The first-order valence-corrected chi connectivity index (χ1v) is 10.0. The van der Waals surface area contributed by atoms with E-state index in [1.165, 1.54) is 4.31 Å². The van der Waals surface area contributed by atoms with Crippen molar-refractivity contribution in [3.63, 3.8) is 0 Å². The van der Waals surface area contributed by atoms with E-state index in [0.717, 1.165) is 5.69 Å². The van der Waals surface area contributed by atoms with Crippen LogP contribution in [0.5, 0.6) is 5.75 Å². The minimum atomic E-state index is -3.57. The highest BCUT2D eigenvalue weighted by Gasteiger charge is 2.38. The van der Waals surface area contributed by atoms with Crippen LogP contribution in [0, 0.1) is 0 Å². The average molecular weight is 374 g/mol. The van der Waals surface area contributed by atoms with E-state index in [9.17, 15) is 13.2 Å². The Bertz CT molecular complexity index is 866. The molecule has 2 aromatic rings. The molecule has 0 N–H and O–H groups in total. The van der Waals surface area contributed by atoms with Gasteiger partial charge in [0.05, 0.1) is 12.9 Å². The summed E-state index contributed by atoms with van der Waals surface area (Å²) >= 11 is 0. The number of anilines is 1. The second-order valence-corrected chi connectivity index (χ2v) is 8.14. The van der Waals surface area contributed by atoms with Crippen LogP contribution in [0.1, 0.15) is 12.5 Å². The molecule has 1 heterocycles. The Morgan fingerprint density at radius 3 is 2.31 bits per heavy atom. The molecule has 0 bridgehead atoms. The predicted molar refractivity (Wildman–Crippen MR) is 101 cm³/mol. The third kappa shape index (κ3) is 3.73. The van der Waals surface area contributed by atoms with Crippen LogP contribution in [0.2, 0.25) is 0 Å². The normalized spacial score (nSPS) is 18.8. The number of amides is 1. The number of methoxy groups -OCH3 is 1. The third-order valence-corrected chi connectivity index (χ3v) is 6.44. The van der Waals surface area contributed by atoms with Crippen molar-refractivity contribution in [2.24, 2.45) is 0 Å². The van der Waals surface area contributed by atoms with Gasteiger partial charge in [0.1, 0.15) is 11.8 Å². The zero-order valence-corrected chi connectivity index (χ0v) is 15.6. The summed E-state index contributed by atoms with van der Waals surface area (Å²) in [5.41, 5.74) is 1.45. The Kier molecular flexibility index (Phi) is 5.29. The number of hydrogen-bond acceptors (Lipinski definition) is 4. The van der Waals surface area contributed by atoms with Crippen LogP contribution < -0.4 is 9.64 Å². The van der Waals surface area contributed by atoms with Crippen molar-refractivity contribution < 1.29 is 17.9 Å². The van der Waals surface area contributed by atoms with E-state index in [-0.39, 0.29) is 18.2 Å². The maximum absolute atomic E-state index is 12.8. The fourth-order valence-electron chi connectivity index (χ4n) is 3.12. The summed E-state index contributed by atoms with van der Waals surface area (Å²) in [6.07, 6.45) is 0. The van der Waals surface area contributed by atoms with Crippen LogP contribution in [0.4, 0.5) is 5.69 Å². The van der Waals surface area contributed by atoms with Gasteiger partial charge in [-0.25, -0.2) is 8.42 Å². The molecular formula is C19H22N2O4S. The molecule has 0 saturated carbocycles. The smallest absolute Gasteiger partial charge is 0.245 e. The lowest BCUT2D eigenvalue weighted by atomic mass is 10.2. The van der Waals surface area contributed by atoms with Crippen molar-refractivity contribution in [3.8, 4) is 5.75 Å². The first kappa shape index (κ1) is 18.4. The molecule has 1 atom stereocenters. The van der Waals surface area contributed by atoms with Gasteiger partial charge in [-0.05, 0) is 36.8 Å². The van der Waals surface area contributed by atoms with Gasteiger partial charge in [0, 0.05) is 18.8 Å². The number of ether oxygens (including phenoxy) is 1. The van der Waals surface area contributed by atoms with Gasteiger partial charge in [0.15, 0.2) is 0 Å². The van der Waals surface area contributed by atoms with E-state index in [4.69, 9.17) is 4.74 Å². The highest BCUT2D eigenvalue weighted by Crippen LogP contribution is 2.25. The molecule has 2 aromatic carbocycles. The average Bonchev–Trinajstić information content (AvgIpc) is 2.64. The van der Waals surface area contributed by atoms with Crippen molar-refractivity contribution in [1.82, 2.24) is 4.31 Å². The topological polar surface area (TPSA) is 66.9 Å². The van der Waals surface area contributed by atoms with Crippen LogP contribution in [-0.4, -0.2) is 44.9 Å². The lowest BCUT2D eigenvalue weighted by Gasteiger charge is -2.38. The molecule has 3 rings (SSSR count). The molecule has 0 aromatic heterocycles. The van der Waals surface area contributed by atoms with Gasteiger partial charge in [-0.15, -0.1) is 0 Å². The summed E-state index contributed by atoms with van der Waals surface area (Å²) in [4.78, 5) is 14.4. The summed E-state index contributed by atoms with van der Waals surface area (Å²) in [6, 6.07) is 15.4. The van der Waals surface area contributed by atoms with Gasteiger partial charge in [0.2, 0.25) is 15.9 Å². The molecule has 0 radical (unpaired) electrons. The standard InChI is InChI=1S/C19H22N2O4S/c1-15-19(22)20(17-8-10-18(25-2)11-9-17)12-13-21(15)26(23,24)14-16-6-4-3-5-7-16/h3-11,15H,12-14H2,1-2H3/t15-/m1/s1. The highest BCUT2D eigenvalue weighted by molar-refractivity contribution is 7.88. The van der Waals surface area contributed by atoms with Gasteiger partial charge in [0.25, 0.3) is 0 Å². The zero-order valence-electron chi connectivity index (χ0n) is 14.8. The maximum Gasteiger partial charge on any atom is 0.245 e. The van der Waals surface area contributed by atoms with Crippen molar-refractivity contribution in [2.75, 3.05) is 25.1 Å². The van der Waals surface area contributed by atoms with E-state index in [2.05, 4.69) is 0 Å². The minimum Gasteiger partial charge on any atom is -0.497 e. The largest absolute Gasteiger partial charge is 0.497 e. The summed E-state index contributed by atoms with van der Waals surface area (Å²) < 4.78 is 32.0. The van der Waals surface area contributed by atoms with Crippen LogP contribution in [0.15, 0.2) is 54.6 Å². The fourth-order valence-corrected chi connectivity index (χ4v) is 4.83. The van der Waals surface area contributed by atoms with Crippen molar-refractivity contribution in [3.05, 3.63) is 60.2 Å². The second kappa shape index (κ2) is 7.47. The number of carbonyl (C=O) groups is 1. The van der Waals surface area contributed by atoms with Crippen molar-refractivity contribution in [2.45, 2.75) is 18.7 Å². The third-order valence-electron chi connectivity index (χ3n) is 4.53. The molecule has 7 heteroatoms. The Morgan fingerprint density at radius 1 is 1.04 bits per heavy atom. The molecule has 1 amide bonds. The van der Waals surface area contributed by atoms with Crippen LogP contribution in [0.3, 0.4) is 0 Å². The van der Waals surface area contributed by atoms with Crippen molar-refractivity contribution in [1.29, 1.82) is 0 Å². The molecule has 0 unspecified atom stereocenters. The quantitative estimate of drug-likeness (QED) is 0.805. The number of piperazine rings is 1. The molecular weight excluding hydrogens is 352 g/mol. The summed E-state index contributed by atoms with van der Waals surface area (Å²) in [5.74, 6) is 0.380. The molecule has 1 saturated heterocycles. The van der Waals surface area contributed by atoms with Crippen LogP contribution in [0.25, 0.3) is 0 Å². The number of carbonyl (C=O) groups excluding carboxylic acids is 1. The van der Waals surface area contributed by atoms with E-state index in [1.54, 1.807) is 67.5 Å². The van der Waals surface area contributed by atoms with Gasteiger partial charge >= 0.3 is 0 Å². The first-order valence-electron chi connectivity index (χ1n) is 8.41. The van der Waals surface area contributed by atoms with Gasteiger partial charge in [-0.1, -0.05) is 30.3 Å². The Balaban J connectivity index is 1.76. The summed E-state index contributed by atoms with van der Waals surface area (Å²) in [6.45, 7) is 2.23.